The molecule has 2 rings (SSSR count). The molecule has 0 aromatic rings. The fraction of sp³-hybridized carbons (Fsp3) is 0.882. The molecule has 1 N–H and O–H groups in total. The lowest BCUT2D eigenvalue weighted by Gasteiger charge is -2.32. The second kappa shape index (κ2) is 9.55. The highest BCUT2D eigenvalue weighted by atomic mass is 32.2. The summed E-state index contributed by atoms with van der Waals surface area (Å²) in [6, 6.07) is 0.0527. The lowest BCUT2D eigenvalue weighted by atomic mass is 10.1. The van der Waals surface area contributed by atoms with Gasteiger partial charge in [-0.1, -0.05) is 12.8 Å². The lowest BCUT2D eigenvalue weighted by Crippen LogP contribution is -2.47. The quantitative estimate of drug-likeness (QED) is 0.708. The van der Waals surface area contributed by atoms with Gasteiger partial charge in [-0.25, -0.2) is 13.2 Å². The minimum atomic E-state index is -3.30. The van der Waals surface area contributed by atoms with Crippen molar-refractivity contribution in [1.29, 1.82) is 0 Å². The fourth-order valence-electron chi connectivity index (χ4n) is 3.74. The number of carbonyl (C=O) groups excluding carboxylic acids is 2. The first-order valence-electron chi connectivity index (χ1n) is 9.49. The van der Waals surface area contributed by atoms with Crippen LogP contribution in [0.1, 0.15) is 51.9 Å². The second-order valence-corrected chi connectivity index (χ2v) is 9.02. The number of ether oxygens (including phenoxy) is 1. The Hall–Kier alpha value is -1.35. The number of nitrogens with zero attached hydrogens (tertiary/aromatic N) is 2. The van der Waals surface area contributed by atoms with Crippen molar-refractivity contribution >= 4 is 22.0 Å². The maximum absolute atomic E-state index is 12.2. The summed E-state index contributed by atoms with van der Waals surface area (Å²) in [5.41, 5.74) is 0. The molecule has 0 aromatic heterocycles. The van der Waals surface area contributed by atoms with Gasteiger partial charge in [0.1, 0.15) is 0 Å². The summed E-state index contributed by atoms with van der Waals surface area (Å²) in [5, 5.41) is 2.97. The molecule has 2 amide bonds. The van der Waals surface area contributed by atoms with Crippen molar-refractivity contribution in [3.63, 3.8) is 0 Å². The summed E-state index contributed by atoms with van der Waals surface area (Å²) in [7, 11) is -3.30. The highest BCUT2D eigenvalue weighted by Gasteiger charge is 2.30. The SMILES string of the molecule is CCOC(=O)N1CCC(NC(=O)CCN(C2CCCC2)S(C)(=O)=O)CC1. The summed E-state index contributed by atoms with van der Waals surface area (Å²) in [4.78, 5) is 25.6. The Morgan fingerprint density at radius 1 is 1.15 bits per heavy atom. The molecular formula is C17H31N3O5S. The first-order valence-corrected chi connectivity index (χ1v) is 11.3. The van der Waals surface area contributed by atoms with Crippen molar-refractivity contribution in [2.24, 2.45) is 0 Å². The van der Waals surface area contributed by atoms with Gasteiger partial charge >= 0.3 is 6.09 Å². The first kappa shape index (κ1) is 21.0. The number of nitrogens with one attached hydrogen (secondary N) is 1. The minimum Gasteiger partial charge on any atom is -0.450 e. The zero-order valence-corrected chi connectivity index (χ0v) is 16.6. The third kappa shape index (κ3) is 6.12. The van der Waals surface area contributed by atoms with E-state index in [2.05, 4.69) is 5.32 Å². The van der Waals surface area contributed by atoms with Crippen molar-refractivity contribution in [2.45, 2.75) is 64.0 Å². The number of piperidine rings is 1. The third-order valence-electron chi connectivity index (χ3n) is 5.10. The monoisotopic (exact) mass is 389 g/mol. The van der Waals surface area contributed by atoms with Gasteiger partial charge in [-0.3, -0.25) is 4.79 Å². The van der Waals surface area contributed by atoms with E-state index in [1.54, 1.807) is 11.8 Å². The van der Waals surface area contributed by atoms with E-state index in [4.69, 9.17) is 4.74 Å². The molecule has 1 saturated heterocycles. The summed E-state index contributed by atoms with van der Waals surface area (Å²) in [6.45, 7) is 3.48. The topological polar surface area (TPSA) is 96.0 Å². The van der Waals surface area contributed by atoms with Crippen molar-refractivity contribution in [3.05, 3.63) is 0 Å². The number of carbonyl (C=O) groups is 2. The molecule has 2 fully saturated rings. The molecule has 2 aliphatic rings. The van der Waals surface area contributed by atoms with Crippen LogP contribution in [0, 0.1) is 0 Å². The summed E-state index contributed by atoms with van der Waals surface area (Å²) >= 11 is 0. The van der Waals surface area contributed by atoms with E-state index in [1.165, 1.54) is 10.6 Å². The number of hydrogen-bond donors (Lipinski definition) is 1. The molecule has 0 atom stereocenters. The van der Waals surface area contributed by atoms with Crippen molar-refractivity contribution in [2.75, 3.05) is 32.5 Å². The van der Waals surface area contributed by atoms with E-state index < -0.39 is 10.0 Å². The molecule has 26 heavy (non-hydrogen) atoms. The largest absolute Gasteiger partial charge is 0.450 e. The smallest absolute Gasteiger partial charge is 0.409 e. The van der Waals surface area contributed by atoms with Gasteiger partial charge in [-0.2, -0.15) is 4.31 Å². The van der Waals surface area contributed by atoms with Gasteiger partial charge in [-0.15, -0.1) is 0 Å². The Labute approximate surface area is 156 Å². The predicted octanol–water partition coefficient (Wildman–Crippen LogP) is 1.32. The maximum Gasteiger partial charge on any atom is 0.409 e. The molecule has 0 radical (unpaired) electrons. The van der Waals surface area contributed by atoms with Gasteiger partial charge in [-0.05, 0) is 32.6 Å². The van der Waals surface area contributed by atoms with Crippen LogP contribution in [0.25, 0.3) is 0 Å². The first-order chi connectivity index (χ1) is 12.3. The second-order valence-electron chi connectivity index (χ2n) is 7.09. The van der Waals surface area contributed by atoms with Crippen LogP contribution in [-0.4, -0.2) is 74.2 Å². The zero-order chi connectivity index (χ0) is 19.2. The number of rotatable bonds is 7. The molecule has 1 aliphatic carbocycles. The highest BCUT2D eigenvalue weighted by Crippen LogP contribution is 2.25. The van der Waals surface area contributed by atoms with Crippen molar-refractivity contribution in [1.82, 2.24) is 14.5 Å². The Morgan fingerprint density at radius 3 is 2.31 bits per heavy atom. The molecular weight excluding hydrogens is 358 g/mol. The number of hydrogen-bond acceptors (Lipinski definition) is 5. The Kier molecular flexibility index (Phi) is 7.69. The average Bonchev–Trinajstić information content (AvgIpc) is 3.08. The van der Waals surface area contributed by atoms with E-state index in [9.17, 15) is 18.0 Å². The van der Waals surface area contributed by atoms with Crippen LogP contribution in [0.2, 0.25) is 0 Å². The van der Waals surface area contributed by atoms with Crippen molar-refractivity contribution in [3.8, 4) is 0 Å². The van der Waals surface area contributed by atoms with Gasteiger partial charge in [0.2, 0.25) is 15.9 Å². The van der Waals surface area contributed by atoms with Crippen LogP contribution < -0.4 is 5.32 Å². The van der Waals surface area contributed by atoms with Gasteiger partial charge < -0.3 is 15.0 Å². The van der Waals surface area contributed by atoms with Crippen molar-refractivity contribution < 1.29 is 22.7 Å². The Bertz CT molecular complexity index is 581. The molecule has 150 valence electrons. The van der Waals surface area contributed by atoms with Crippen LogP contribution in [0.3, 0.4) is 0 Å². The molecule has 0 bridgehead atoms. The third-order valence-corrected chi connectivity index (χ3v) is 6.44. The van der Waals surface area contributed by atoms with E-state index in [1.807, 2.05) is 0 Å². The van der Waals surface area contributed by atoms with Gasteiger partial charge in [0.05, 0.1) is 12.9 Å². The summed E-state index contributed by atoms with van der Waals surface area (Å²) < 4.78 is 30.5. The predicted molar refractivity (Wildman–Crippen MR) is 98.2 cm³/mol. The molecule has 0 aromatic carbocycles. The van der Waals surface area contributed by atoms with E-state index in [0.29, 0.717) is 32.5 Å². The van der Waals surface area contributed by atoms with Crippen LogP contribution in [0.15, 0.2) is 0 Å². The van der Waals surface area contributed by atoms with Crippen LogP contribution in [0.4, 0.5) is 4.79 Å². The lowest BCUT2D eigenvalue weighted by molar-refractivity contribution is -0.122. The highest BCUT2D eigenvalue weighted by molar-refractivity contribution is 7.88. The van der Waals surface area contributed by atoms with E-state index >= 15 is 0 Å². The number of likely N-dealkylation sites (tertiary alicyclic amines) is 1. The fourth-order valence-corrected chi connectivity index (χ4v) is 4.92. The molecule has 9 heteroatoms. The van der Waals surface area contributed by atoms with E-state index in [0.717, 1.165) is 25.7 Å². The Balaban J connectivity index is 1.75. The van der Waals surface area contributed by atoms with Crippen LogP contribution in [-0.2, 0) is 19.6 Å². The van der Waals surface area contributed by atoms with Gasteiger partial charge in [0.15, 0.2) is 0 Å². The molecule has 1 heterocycles. The van der Waals surface area contributed by atoms with Crippen LogP contribution in [0.5, 0.6) is 0 Å². The summed E-state index contributed by atoms with van der Waals surface area (Å²) in [5.74, 6) is -0.133. The average molecular weight is 390 g/mol. The normalized spacial score (nSPS) is 19.7. The molecule has 0 unspecified atom stereocenters. The minimum absolute atomic E-state index is 0.0198. The van der Waals surface area contributed by atoms with Crippen LogP contribution >= 0.6 is 0 Å². The van der Waals surface area contributed by atoms with Gasteiger partial charge in [0, 0.05) is 38.1 Å². The van der Waals surface area contributed by atoms with Gasteiger partial charge in [0.25, 0.3) is 0 Å². The molecule has 1 aliphatic heterocycles. The van der Waals surface area contributed by atoms with E-state index in [-0.39, 0.29) is 37.0 Å². The standard InChI is InChI=1S/C17H31N3O5S/c1-3-25-17(22)19-11-8-14(9-12-19)18-16(21)10-13-20(26(2,23)24)15-6-4-5-7-15/h14-15H,3-13H2,1-2H3,(H,18,21). The Morgan fingerprint density at radius 2 is 1.77 bits per heavy atom. The number of amides is 2. The zero-order valence-electron chi connectivity index (χ0n) is 15.8. The summed E-state index contributed by atoms with van der Waals surface area (Å²) in [6.07, 6.45) is 6.28. The molecule has 0 spiro atoms. The molecule has 1 saturated carbocycles. The molecule has 8 nitrogen and oxygen atoms in total. The maximum atomic E-state index is 12.2. The number of sulfonamides is 1.